The van der Waals surface area contributed by atoms with Crippen molar-refractivity contribution in [3.05, 3.63) is 0 Å². The molecule has 116 valence electrons. The minimum absolute atomic E-state index is 0.0313. The van der Waals surface area contributed by atoms with Crippen molar-refractivity contribution in [2.75, 3.05) is 13.2 Å². The number of urea groups is 1. The number of amides is 2. The van der Waals surface area contributed by atoms with E-state index >= 15 is 0 Å². The number of carbonyl (C=O) groups excluding carboxylic acids is 1. The maximum Gasteiger partial charge on any atom is 0.317 e. The Kier molecular flexibility index (Phi) is 6.78. The molecule has 6 nitrogen and oxygen atoms in total. The minimum atomic E-state index is -0.838. The molecule has 0 aliphatic heterocycles. The molecule has 1 aliphatic rings. The molecule has 0 heterocycles. The van der Waals surface area contributed by atoms with Gasteiger partial charge in [0.2, 0.25) is 0 Å². The van der Waals surface area contributed by atoms with E-state index < -0.39 is 11.9 Å². The molecule has 0 aromatic rings. The molecule has 6 heteroatoms. The lowest BCUT2D eigenvalue weighted by Gasteiger charge is -2.30. The maximum absolute atomic E-state index is 12.2. The van der Waals surface area contributed by atoms with E-state index in [1.54, 1.807) is 0 Å². The number of aliphatic hydroxyl groups is 1. The second-order valence-corrected chi connectivity index (χ2v) is 5.65. The molecule has 0 saturated heterocycles. The van der Waals surface area contributed by atoms with E-state index in [0.29, 0.717) is 12.8 Å². The summed E-state index contributed by atoms with van der Waals surface area (Å²) >= 11 is 0. The highest BCUT2D eigenvalue weighted by Crippen LogP contribution is 2.24. The van der Waals surface area contributed by atoms with Crippen LogP contribution in [0.3, 0.4) is 0 Å². The van der Waals surface area contributed by atoms with Crippen LogP contribution < -0.4 is 5.32 Å². The van der Waals surface area contributed by atoms with Crippen molar-refractivity contribution in [2.45, 2.75) is 58.0 Å². The molecule has 0 bridgehead atoms. The Morgan fingerprint density at radius 1 is 1.25 bits per heavy atom. The van der Waals surface area contributed by atoms with E-state index in [4.69, 9.17) is 5.11 Å². The monoisotopic (exact) mass is 286 g/mol. The third kappa shape index (κ3) is 4.67. The molecule has 0 radical (unpaired) electrons. The predicted octanol–water partition coefficient (Wildman–Crippen LogP) is 1.43. The summed E-state index contributed by atoms with van der Waals surface area (Å²) in [6.07, 6.45) is 4.17. The Balaban J connectivity index is 2.71. The first-order chi connectivity index (χ1) is 9.47. The summed E-state index contributed by atoms with van der Waals surface area (Å²) in [6.45, 7) is 3.90. The summed E-state index contributed by atoms with van der Waals surface area (Å²) in [5.74, 6) is -1.35. The fraction of sp³-hybridized carbons (Fsp3) is 0.857. The van der Waals surface area contributed by atoms with Crippen molar-refractivity contribution >= 4 is 12.0 Å². The molecule has 1 rings (SSSR count). The first-order valence-electron chi connectivity index (χ1n) is 7.38. The molecule has 0 spiro atoms. The van der Waals surface area contributed by atoms with Gasteiger partial charge in [-0.15, -0.1) is 0 Å². The quantitative estimate of drug-likeness (QED) is 0.667. The number of nitrogens with one attached hydrogen (secondary N) is 1. The molecule has 1 saturated carbocycles. The van der Waals surface area contributed by atoms with E-state index in [-0.39, 0.29) is 31.3 Å². The third-order valence-electron chi connectivity index (χ3n) is 3.87. The number of hydrogen-bond donors (Lipinski definition) is 3. The molecule has 1 fully saturated rings. The van der Waals surface area contributed by atoms with Gasteiger partial charge in [0.15, 0.2) is 0 Å². The van der Waals surface area contributed by atoms with Gasteiger partial charge in [0.25, 0.3) is 0 Å². The predicted molar refractivity (Wildman–Crippen MR) is 75.5 cm³/mol. The van der Waals surface area contributed by atoms with Crippen molar-refractivity contribution in [1.82, 2.24) is 10.2 Å². The van der Waals surface area contributed by atoms with Gasteiger partial charge in [0.1, 0.15) is 0 Å². The zero-order valence-corrected chi connectivity index (χ0v) is 12.3. The Bertz CT molecular complexity index is 333. The van der Waals surface area contributed by atoms with Crippen LogP contribution in [-0.4, -0.2) is 52.3 Å². The lowest BCUT2D eigenvalue weighted by molar-refractivity contribution is -0.142. The van der Waals surface area contributed by atoms with Gasteiger partial charge in [-0.3, -0.25) is 4.79 Å². The number of aliphatic carboxylic acids is 1. The Hall–Kier alpha value is -1.30. The van der Waals surface area contributed by atoms with Crippen LogP contribution in [0.4, 0.5) is 4.79 Å². The molecule has 20 heavy (non-hydrogen) atoms. The zero-order chi connectivity index (χ0) is 15.1. The average molecular weight is 286 g/mol. The smallest absolute Gasteiger partial charge is 0.317 e. The van der Waals surface area contributed by atoms with Crippen LogP contribution in [0.25, 0.3) is 0 Å². The number of rotatable bonds is 5. The van der Waals surface area contributed by atoms with Crippen molar-refractivity contribution in [1.29, 1.82) is 0 Å². The number of nitrogens with zero attached hydrogens (tertiary/aromatic N) is 1. The Morgan fingerprint density at radius 2 is 1.90 bits per heavy atom. The molecule has 2 amide bonds. The van der Waals surface area contributed by atoms with Gasteiger partial charge in [-0.25, -0.2) is 4.79 Å². The van der Waals surface area contributed by atoms with Gasteiger partial charge in [-0.2, -0.15) is 0 Å². The Morgan fingerprint density at radius 3 is 2.45 bits per heavy atom. The van der Waals surface area contributed by atoms with Crippen LogP contribution in [0.2, 0.25) is 0 Å². The highest BCUT2D eigenvalue weighted by molar-refractivity contribution is 5.77. The molecule has 2 unspecified atom stereocenters. The summed E-state index contributed by atoms with van der Waals surface area (Å²) in [6, 6.07) is -0.633. The van der Waals surface area contributed by atoms with Gasteiger partial charge >= 0.3 is 12.0 Å². The summed E-state index contributed by atoms with van der Waals surface area (Å²) in [7, 11) is 0. The first-order valence-corrected chi connectivity index (χ1v) is 7.38. The summed E-state index contributed by atoms with van der Waals surface area (Å²) in [5.41, 5.74) is 0. The fourth-order valence-corrected chi connectivity index (χ4v) is 2.72. The van der Waals surface area contributed by atoms with Gasteiger partial charge in [-0.1, -0.05) is 19.3 Å². The van der Waals surface area contributed by atoms with Crippen LogP contribution in [0.1, 0.15) is 46.0 Å². The highest BCUT2D eigenvalue weighted by atomic mass is 16.4. The largest absolute Gasteiger partial charge is 0.481 e. The zero-order valence-electron chi connectivity index (χ0n) is 12.3. The van der Waals surface area contributed by atoms with Crippen LogP contribution in [0.5, 0.6) is 0 Å². The second kappa shape index (κ2) is 8.09. The molecular weight excluding hydrogens is 260 g/mol. The molecule has 0 aromatic heterocycles. The fourth-order valence-electron chi connectivity index (χ4n) is 2.72. The lowest BCUT2D eigenvalue weighted by atomic mass is 9.95. The Labute approximate surface area is 120 Å². The van der Waals surface area contributed by atoms with Crippen molar-refractivity contribution < 1.29 is 19.8 Å². The number of carboxylic acids is 1. The van der Waals surface area contributed by atoms with Crippen molar-refractivity contribution in [3.8, 4) is 0 Å². The average Bonchev–Trinajstić information content (AvgIpc) is 2.60. The molecule has 2 atom stereocenters. The third-order valence-corrected chi connectivity index (χ3v) is 3.87. The van der Waals surface area contributed by atoms with Crippen LogP contribution in [-0.2, 0) is 4.79 Å². The first kappa shape index (κ1) is 16.8. The van der Waals surface area contributed by atoms with E-state index in [0.717, 1.165) is 19.3 Å². The second-order valence-electron chi connectivity index (χ2n) is 5.65. The number of hydrogen-bond acceptors (Lipinski definition) is 3. The van der Waals surface area contributed by atoms with Crippen molar-refractivity contribution in [3.63, 3.8) is 0 Å². The van der Waals surface area contributed by atoms with Gasteiger partial charge in [0, 0.05) is 18.6 Å². The highest BCUT2D eigenvalue weighted by Gasteiger charge is 2.31. The van der Waals surface area contributed by atoms with E-state index in [9.17, 15) is 14.7 Å². The summed E-state index contributed by atoms with van der Waals surface area (Å²) in [5, 5.41) is 21.2. The molecular formula is C14H26N2O4. The standard InChI is InChI=1S/C14H26N2O4/c1-10(2)16(8-9-17)14(20)15-12-7-5-3-4-6-11(12)13(18)19/h10-12,17H,3-9H2,1-2H3,(H,15,20)(H,18,19). The summed E-state index contributed by atoms with van der Waals surface area (Å²) < 4.78 is 0. The molecule has 3 N–H and O–H groups in total. The number of carboxylic acid groups (broad SMARTS) is 1. The SMILES string of the molecule is CC(C)N(CCO)C(=O)NC1CCCCCC1C(=O)O. The number of aliphatic hydroxyl groups excluding tert-OH is 1. The summed E-state index contributed by atoms with van der Waals surface area (Å²) in [4.78, 5) is 25.1. The number of carbonyl (C=O) groups is 2. The van der Waals surface area contributed by atoms with Crippen molar-refractivity contribution in [2.24, 2.45) is 5.92 Å². The van der Waals surface area contributed by atoms with Gasteiger partial charge in [-0.05, 0) is 26.7 Å². The van der Waals surface area contributed by atoms with Crippen LogP contribution >= 0.6 is 0 Å². The van der Waals surface area contributed by atoms with E-state index in [2.05, 4.69) is 5.32 Å². The molecule has 1 aliphatic carbocycles. The maximum atomic E-state index is 12.2. The van der Waals surface area contributed by atoms with Gasteiger partial charge < -0.3 is 20.4 Å². The van der Waals surface area contributed by atoms with Crippen LogP contribution in [0, 0.1) is 5.92 Å². The minimum Gasteiger partial charge on any atom is -0.481 e. The van der Waals surface area contributed by atoms with Crippen LogP contribution in [0.15, 0.2) is 0 Å². The normalized spacial score (nSPS) is 23.2. The topological polar surface area (TPSA) is 89.9 Å². The molecule has 0 aromatic carbocycles. The van der Waals surface area contributed by atoms with Gasteiger partial charge in [0.05, 0.1) is 12.5 Å². The van der Waals surface area contributed by atoms with E-state index in [1.165, 1.54) is 4.90 Å². The lowest BCUT2D eigenvalue weighted by Crippen LogP contribution is -2.51. The van der Waals surface area contributed by atoms with E-state index in [1.807, 2.05) is 13.8 Å².